The molecule has 2 atom stereocenters. The van der Waals surface area contributed by atoms with Crippen LogP contribution >= 0.6 is 11.6 Å². The second kappa shape index (κ2) is 11.3. The van der Waals surface area contributed by atoms with Crippen molar-refractivity contribution in [1.29, 1.82) is 5.26 Å². The third-order valence-electron chi connectivity index (χ3n) is 6.82. The Morgan fingerprint density at radius 1 is 1.21 bits per heavy atom. The number of likely N-dealkylation sites (tertiary alicyclic amines) is 1. The molecule has 0 spiro atoms. The minimum atomic E-state index is -0.781. The van der Waals surface area contributed by atoms with Crippen molar-refractivity contribution < 1.29 is 14.3 Å². The van der Waals surface area contributed by atoms with Gasteiger partial charge in [-0.2, -0.15) is 10.4 Å². The number of pyridine rings is 1. The van der Waals surface area contributed by atoms with E-state index in [0.29, 0.717) is 35.0 Å². The molecule has 2 amide bonds. The zero-order valence-electron chi connectivity index (χ0n) is 22.1. The van der Waals surface area contributed by atoms with Crippen LogP contribution in [0.1, 0.15) is 60.2 Å². The van der Waals surface area contributed by atoms with Crippen LogP contribution in [0, 0.1) is 30.6 Å². The molecule has 1 fully saturated rings. The first-order chi connectivity index (χ1) is 18.5. The number of aromatic nitrogens is 3. The van der Waals surface area contributed by atoms with Gasteiger partial charge in [0.1, 0.15) is 11.4 Å². The lowest BCUT2D eigenvalue weighted by atomic mass is 9.84. The predicted molar refractivity (Wildman–Crippen MR) is 144 cm³/mol. The number of rotatable bonds is 7. The van der Waals surface area contributed by atoms with Gasteiger partial charge in [0.15, 0.2) is 5.75 Å². The van der Waals surface area contributed by atoms with E-state index in [0.717, 1.165) is 5.56 Å². The van der Waals surface area contributed by atoms with Crippen molar-refractivity contribution in [3.8, 4) is 17.6 Å². The van der Waals surface area contributed by atoms with Crippen molar-refractivity contribution in [3.05, 3.63) is 80.5 Å². The van der Waals surface area contributed by atoms with Crippen molar-refractivity contribution >= 4 is 23.4 Å². The van der Waals surface area contributed by atoms with Crippen molar-refractivity contribution in [3.63, 3.8) is 0 Å². The summed E-state index contributed by atoms with van der Waals surface area (Å²) in [5.74, 6) is -0.472. The number of amides is 2. The van der Waals surface area contributed by atoms with E-state index in [2.05, 4.69) is 26.6 Å². The molecular weight excluding hydrogens is 520 g/mol. The number of carbonyl (C=O) groups excluding carboxylic acids is 2. The van der Waals surface area contributed by atoms with Crippen LogP contribution in [0.3, 0.4) is 0 Å². The number of ether oxygens (including phenoxy) is 1. The molecule has 1 aliphatic heterocycles. The first-order valence-corrected chi connectivity index (χ1v) is 12.9. The Morgan fingerprint density at radius 2 is 1.97 bits per heavy atom. The molecule has 1 saturated heterocycles. The Labute approximate surface area is 231 Å². The maximum absolute atomic E-state index is 13.5. The van der Waals surface area contributed by atoms with E-state index in [-0.39, 0.29) is 36.0 Å². The van der Waals surface area contributed by atoms with Crippen molar-refractivity contribution in [1.82, 2.24) is 25.4 Å². The highest BCUT2D eigenvalue weighted by Gasteiger charge is 2.45. The average Bonchev–Trinajstić information content (AvgIpc) is 3.37. The van der Waals surface area contributed by atoms with E-state index in [1.807, 2.05) is 32.0 Å². The molecule has 2 aromatic heterocycles. The molecule has 39 heavy (non-hydrogen) atoms. The topological polar surface area (TPSA) is 141 Å². The van der Waals surface area contributed by atoms with E-state index >= 15 is 0 Å². The maximum atomic E-state index is 13.5. The Morgan fingerprint density at radius 3 is 2.67 bits per heavy atom. The molecule has 0 bridgehead atoms. The predicted octanol–water partition coefficient (Wildman–Crippen LogP) is 4.24. The Kier molecular flexibility index (Phi) is 8.02. The van der Waals surface area contributed by atoms with Crippen LogP contribution in [0.25, 0.3) is 0 Å². The van der Waals surface area contributed by atoms with Gasteiger partial charge in [0.25, 0.3) is 5.91 Å². The van der Waals surface area contributed by atoms with Gasteiger partial charge in [-0.25, -0.2) is 10.1 Å². The zero-order valence-corrected chi connectivity index (χ0v) is 22.9. The van der Waals surface area contributed by atoms with Gasteiger partial charge in [-0.1, -0.05) is 23.7 Å². The van der Waals surface area contributed by atoms with E-state index < -0.39 is 16.9 Å². The summed E-state index contributed by atoms with van der Waals surface area (Å²) in [4.78, 5) is 44.4. The van der Waals surface area contributed by atoms with Gasteiger partial charge < -0.3 is 15.0 Å². The number of nitrogens with one attached hydrogen (secondary N) is 2. The highest BCUT2D eigenvalue weighted by atomic mass is 35.5. The highest BCUT2D eigenvalue weighted by Crippen LogP contribution is 2.43. The molecular formula is C28H29ClN6O4. The fourth-order valence-electron chi connectivity index (χ4n) is 4.78. The van der Waals surface area contributed by atoms with Crippen LogP contribution in [0.4, 0.5) is 0 Å². The lowest BCUT2D eigenvalue weighted by molar-refractivity contribution is -0.134. The number of H-pyrrole nitrogens is 1. The number of nitrogens with zero attached hydrogens (tertiary/aromatic N) is 4. The number of carbonyl (C=O) groups is 2. The number of benzene rings is 1. The Balaban J connectivity index is 1.49. The second-order valence-electron chi connectivity index (χ2n) is 10.1. The minimum absolute atomic E-state index is 0.0601. The maximum Gasteiger partial charge on any atom is 0.307 e. The summed E-state index contributed by atoms with van der Waals surface area (Å²) in [6, 6.07) is 13.6. The number of aromatic amines is 1. The molecule has 1 aliphatic rings. The summed E-state index contributed by atoms with van der Waals surface area (Å²) in [7, 11) is 0. The summed E-state index contributed by atoms with van der Waals surface area (Å²) in [6.07, 6.45) is 1.33. The van der Waals surface area contributed by atoms with Crippen molar-refractivity contribution in [2.45, 2.75) is 52.6 Å². The van der Waals surface area contributed by atoms with Crippen LogP contribution in [0.5, 0.6) is 11.5 Å². The number of hydrogen-bond donors (Lipinski definition) is 2. The van der Waals surface area contributed by atoms with Crippen LogP contribution in [-0.2, 0) is 4.79 Å². The summed E-state index contributed by atoms with van der Waals surface area (Å²) in [5, 5.41) is 19.2. The van der Waals surface area contributed by atoms with Crippen LogP contribution in [-0.4, -0.2) is 44.5 Å². The van der Waals surface area contributed by atoms with E-state index in [1.54, 1.807) is 24.8 Å². The normalized spacial score (nSPS) is 17.0. The molecule has 0 aliphatic carbocycles. The van der Waals surface area contributed by atoms with Gasteiger partial charge in [-0.05, 0) is 70.4 Å². The lowest BCUT2D eigenvalue weighted by Crippen LogP contribution is -2.48. The Hall–Kier alpha value is -4.23. The van der Waals surface area contributed by atoms with Gasteiger partial charge in [-0.15, -0.1) is 0 Å². The van der Waals surface area contributed by atoms with Crippen LogP contribution in [0.2, 0.25) is 5.02 Å². The number of aryl methyl sites for hydroxylation is 2. The first-order valence-electron chi connectivity index (χ1n) is 12.5. The SMILES string of the molecule is Cc1cc(Oc2ccc(C(=O)NCC(=O)N3C(c4cccc(Cl)c4)CC[C@@H]3C(C)(C)C#N)nc2C)c(=O)[nH]n1. The zero-order chi connectivity index (χ0) is 28.3. The largest absolute Gasteiger partial charge is 0.450 e. The van der Waals surface area contributed by atoms with Gasteiger partial charge in [0.2, 0.25) is 5.91 Å². The van der Waals surface area contributed by atoms with Gasteiger partial charge in [0.05, 0.1) is 41.5 Å². The minimum Gasteiger partial charge on any atom is -0.450 e. The molecule has 2 N–H and O–H groups in total. The van der Waals surface area contributed by atoms with Gasteiger partial charge >= 0.3 is 5.56 Å². The quantitative estimate of drug-likeness (QED) is 0.450. The van der Waals surface area contributed by atoms with Crippen molar-refractivity contribution in [2.75, 3.05) is 6.54 Å². The average molecular weight is 549 g/mol. The number of halogens is 1. The molecule has 3 aromatic rings. The molecule has 11 heteroatoms. The fraction of sp³-hybridized carbons (Fsp3) is 0.357. The molecule has 3 heterocycles. The molecule has 202 valence electrons. The van der Waals surface area contributed by atoms with E-state index in [1.165, 1.54) is 18.2 Å². The summed E-state index contributed by atoms with van der Waals surface area (Å²) in [6.45, 7) is 6.72. The van der Waals surface area contributed by atoms with Gasteiger partial charge in [0, 0.05) is 11.1 Å². The molecule has 10 nitrogen and oxygen atoms in total. The van der Waals surface area contributed by atoms with Crippen molar-refractivity contribution in [2.24, 2.45) is 5.41 Å². The van der Waals surface area contributed by atoms with Crippen LogP contribution in [0.15, 0.2) is 47.3 Å². The molecule has 1 aromatic carbocycles. The molecule has 1 unspecified atom stereocenters. The van der Waals surface area contributed by atoms with Crippen LogP contribution < -0.4 is 15.6 Å². The monoisotopic (exact) mass is 548 g/mol. The highest BCUT2D eigenvalue weighted by molar-refractivity contribution is 6.30. The molecule has 4 rings (SSSR count). The van der Waals surface area contributed by atoms with Gasteiger partial charge in [-0.3, -0.25) is 14.4 Å². The number of nitriles is 1. The smallest absolute Gasteiger partial charge is 0.307 e. The lowest BCUT2D eigenvalue weighted by Gasteiger charge is -2.36. The molecule has 0 saturated carbocycles. The van der Waals surface area contributed by atoms with E-state index in [9.17, 15) is 19.6 Å². The summed E-state index contributed by atoms with van der Waals surface area (Å²) >= 11 is 6.21. The summed E-state index contributed by atoms with van der Waals surface area (Å²) < 4.78 is 5.66. The standard InChI is InChI=1S/C28H29ClN6O4/c1-16-12-23(27(38)34-33-16)39-22-10-8-20(32-17(22)2)26(37)31-14-25(36)35-21(18-6-5-7-19(29)13-18)9-11-24(35)28(3,4)15-30/h5-8,10,12-13,21,24H,9,11,14H2,1-4H3,(H,31,37)(H,34,38)/t21?,24-/m1/s1. The first kappa shape index (κ1) is 27.8. The van der Waals surface area contributed by atoms with E-state index in [4.69, 9.17) is 16.3 Å². The number of hydrogen-bond acceptors (Lipinski definition) is 7. The third kappa shape index (κ3) is 6.10. The second-order valence-corrected chi connectivity index (χ2v) is 10.5. The third-order valence-corrected chi connectivity index (χ3v) is 7.05. The fourth-order valence-corrected chi connectivity index (χ4v) is 4.98. The molecule has 0 radical (unpaired) electrons. The summed E-state index contributed by atoms with van der Waals surface area (Å²) in [5.41, 5.74) is 0.669. The Bertz CT molecular complexity index is 1510.